The number of rotatable bonds is 7. The maximum atomic E-state index is 14.0. The van der Waals surface area contributed by atoms with E-state index in [-0.39, 0.29) is 28.5 Å². The van der Waals surface area contributed by atoms with Crippen LogP contribution in [0.25, 0.3) is 33.1 Å². The molecule has 5 rings (SSSR count). The first-order valence-corrected chi connectivity index (χ1v) is 14.1. The van der Waals surface area contributed by atoms with E-state index >= 15 is 0 Å². The summed E-state index contributed by atoms with van der Waals surface area (Å²) in [6, 6.07) is 8.83. The summed E-state index contributed by atoms with van der Waals surface area (Å²) in [5.74, 6) is -1.57. The first kappa shape index (κ1) is 27.3. The Bertz CT molecular complexity index is 1900. The number of benzene rings is 2. The summed E-state index contributed by atoms with van der Waals surface area (Å²) in [5.41, 5.74) is 3.28. The van der Waals surface area contributed by atoms with Gasteiger partial charge in [-0.25, -0.2) is 27.0 Å². The molecule has 0 spiro atoms. The van der Waals surface area contributed by atoms with Crippen LogP contribution in [0.4, 0.5) is 19.4 Å². The molecule has 0 aliphatic heterocycles. The minimum absolute atomic E-state index is 0.0248. The Balaban J connectivity index is 1.79. The van der Waals surface area contributed by atoms with E-state index in [9.17, 15) is 27.1 Å². The molecular weight excluding hydrogens is 566 g/mol. The number of amides is 1. The molecule has 0 saturated heterocycles. The molecule has 10 nitrogen and oxygen atoms in total. The van der Waals surface area contributed by atoms with Gasteiger partial charge in [0.2, 0.25) is 10.0 Å². The van der Waals surface area contributed by atoms with Gasteiger partial charge in [-0.05, 0) is 42.3 Å². The van der Waals surface area contributed by atoms with Crippen molar-refractivity contribution in [3.63, 3.8) is 0 Å². The van der Waals surface area contributed by atoms with Gasteiger partial charge in [0.05, 0.1) is 45.0 Å². The molecule has 0 fully saturated rings. The zero-order chi connectivity index (χ0) is 28.9. The molecule has 0 aliphatic carbocycles. The molecule has 0 aliphatic rings. The molecule has 0 radical (unpaired) electrons. The number of halogens is 3. The minimum atomic E-state index is -3.69. The van der Waals surface area contributed by atoms with E-state index in [0.717, 1.165) is 30.0 Å². The number of sulfonamides is 1. The fourth-order valence-electron chi connectivity index (χ4n) is 4.85. The lowest BCUT2D eigenvalue weighted by Gasteiger charge is -2.21. The molecule has 1 unspecified atom stereocenters. The molecule has 1 atom stereocenters. The van der Waals surface area contributed by atoms with Crippen LogP contribution < -0.4 is 10.0 Å². The third kappa shape index (κ3) is 5.29. The lowest BCUT2D eigenvalue weighted by Crippen LogP contribution is -2.29. The fourth-order valence-corrected chi connectivity index (χ4v) is 5.59. The van der Waals surface area contributed by atoms with Gasteiger partial charge in [0.15, 0.2) is 5.82 Å². The van der Waals surface area contributed by atoms with Gasteiger partial charge in [-0.15, -0.1) is 0 Å². The second-order valence-electron chi connectivity index (χ2n) is 9.40. The number of aromatic nitrogens is 4. The number of carbonyl (C=O) groups is 1. The van der Waals surface area contributed by atoms with Crippen LogP contribution in [0.5, 0.6) is 0 Å². The van der Waals surface area contributed by atoms with Crippen LogP contribution in [-0.4, -0.2) is 45.2 Å². The van der Waals surface area contributed by atoms with Gasteiger partial charge in [-0.3, -0.25) is 9.40 Å². The Kier molecular flexibility index (Phi) is 6.88. The number of fused-ring (bicyclic) bond motifs is 2. The molecule has 2 aromatic carbocycles. The summed E-state index contributed by atoms with van der Waals surface area (Å²) in [6.07, 6.45) is 1.32. The number of aryl methyl sites for hydroxylation is 2. The van der Waals surface area contributed by atoms with Crippen LogP contribution in [0.15, 0.2) is 48.7 Å². The van der Waals surface area contributed by atoms with Gasteiger partial charge < -0.3 is 15.0 Å². The number of nitrogens with one attached hydrogen (secondary N) is 2. The van der Waals surface area contributed by atoms with Crippen LogP contribution in [0, 0.1) is 11.6 Å². The number of hydrogen-bond acceptors (Lipinski definition) is 5. The zero-order valence-corrected chi connectivity index (χ0v) is 23.0. The molecular formula is C26H23ClF2N6O4S. The van der Waals surface area contributed by atoms with E-state index in [1.165, 1.54) is 4.68 Å². The third-order valence-electron chi connectivity index (χ3n) is 6.40. The van der Waals surface area contributed by atoms with Crippen molar-refractivity contribution in [2.24, 2.45) is 14.1 Å². The average molecular weight is 589 g/mol. The molecule has 0 bridgehead atoms. The van der Waals surface area contributed by atoms with E-state index in [2.05, 4.69) is 15.1 Å². The number of nitrogens with zero attached hydrogens (tertiary/aromatic N) is 4. The van der Waals surface area contributed by atoms with Gasteiger partial charge in [0, 0.05) is 37.5 Å². The van der Waals surface area contributed by atoms with Gasteiger partial charge >= 0.3 is 6.09 Å². The smallest absolute Gasteiger partial charge is 0.405 e. The van der Waals surface area contributed by atoms with Crippen molar-refractivity contribution < 1.29 is 27.1 Å². The van der Waals surface area contributed by atoms with Crippen molar-refractivity contribution in [1.29, 1.82) is 0 Å². The van der Waals surface area contributed by atoms with Gasteiger partial charge in [0.25, 0.3) is 0 Å². The summed E-state index contributed by atoms with van der Waals surface area (Å²) in [5, 5.41) is 17.0. The largest absolute Gasteiger partial charge is 0.465 e. The summed E-state index contributed by atoms with van der Waals surface area (Å²) >= 11 is 6.51. The summed E-state index contributed by atoms with van der Waals surface area (Å²) in [7, 11) is -0.248. The van der Waals surface area contributed by atoms with Crippen molar-refractivity contribution in [1.82, 2.24) is 24.6 Å². The van der Waals surface area contributed by atoms with E-state index in [4.69, 9.17) is 16.6 Å². The highest BCUT2D eigenvalue weighted by atomic mass is 35.5. The molecule has 3 aromatic heterocycles. The molecule has 3 N–H and O–H groups in total. The summed E-state index contributed by atoms with van der Waals surface area (Å²) in [6.45, 7) is 0. The van der Waals surface area contributed by atoms with Gasteiger partial charge in [-0.1, -0.05) is 17.7 Å². The first-order valence-electron chi connectivity index (χ1n) is 11.8. The van der Waals surface area contributed by atoms with Crippen molar-refractivity contribution in [3.8, 4) is 11.1 Å². The van der Waals surface area contributed by atoms with E-state index in [1.807, 2.05) is 17.7 Å². The lowest BCUT2D eigenvalue weighted by molar-refractivity contribution is 0.189. The van der Waals surface area contributed by atoms with Gasteiger partial charge in [0.1, 0.15) is 11.6 Å². The fraction of sp³-hybridized carbons (Fsp3) is 0.192. The molecule has 40 heavy (non-hydrogen) atoms. The molecule has 208 valence electrons. The van der Waals surface area contributed by atoms with Crippen LogP contribution in [0.3, 0.4) is 0 Å². The van der Waals surface area contributed by atoms with E-state index in [0.29, 0.717) is 27.5 Å². The highest BCUT2D eigenvalue weighted by Crippen LogP contribution is 2.40. The number of anilines is 1. The highest BCUT2D eigenvalue weighted by molar-refractivity contribution is 7.92. The second kappa shape index (κ2) is 10.1. The molecule has 14 heteroatoms. The van der Waals surface area contributed by atoms with Crippen molar-refractivity contribution >= 4 is 55.5 Å². The third-order valence-corrected chi connectivity index (χ3v) is 7.28. The SMILES string of the molecule is Cn1ccc2nc(C(Cc3cc(F)cc(F)c3)NC(=O)O)c(-c3ccc(Cl)c4c(NS(C)(=O)=O)nn(C)c34)cc21. The Morgan fingerprint density at radius 3 is 2.45 bits per heavy atom. The Hall–Kier alpha value is -4.23. The van der Waals surface area contributed by atoms with Crippen LogP contribution in [-0.2, 0) is 30.5 Å². The van der Waals surface area contributed by atoms with Crippen LogP contribution in [0.2, 0.25) is 5.02 Å². The van der Waals surface area contributed by atoms with Crippen LogP contribution >= 0.6 is 11.6 Å². The number of hydrogen-bond donors (Lipinski definition) is 3. The molecule has 1 amide bonds. The zero-order valence-electron chi connectivity index (χ0n) is 21.4. The first-order chi connectivity index (χ1) is 18.8. The average Bonchev–Trinajstić information content (AvgIpc) is 3.36. The van der Waals surface area contributed by atoms with Crippen LogP contribution in [0.1, 0.15) is 17.3 Å². The van der Waals surface area contributed by atoms with Gasteiger partial charge in [-0.2, -0.15) is 5.10 Å². The Morgan fingerprint density at radius 2 is 1.80 bits per heavy atom. The highest BCUT2D eigenvalue weighted by Gasteiger charge is 2.26. The minimum Gasteiger partial charge on any atom is -0.465 e. The second-order valence-corrected chi connectivity index (χ2v) is 11.6. The summed E-state index contributed by atoms with van der Waals surface area (Å²) in [4.78, 5) is 16.7. The quantitative estimate of drug-likeness (QED) is 0.246. The van der Waals surface area contributed by atoms with Crippen molar-refractivity contribution in [2.75, 3.05) is 11.0 Å². The van der Waals surface area contributed by atoms with Crippen molar-refractivity contribution in [3.05, 3.63) is 76.6 Å². The molecule has 0 saturated carbocycles. The maximum absolute atomic E-state index is 14.0. The lowest BCUT2D eigenvalue weighted by atomic mass is 9.94. The number of carboxylic acid groups (broad SMARTS) is 1. The van der Waals surface area contributed by atoms with E-state index in [1.54, 1.807) is 31.4 Å². The normalized spacial score (nSPS) is 12.7. The predicted octanol–water partition coefficient (Wildman–Crippen LogP) is 4.98. The van der Waals surface area contributed by atoms with Crippen molar-refractivity contribution in [2.45, 2.75) is 12.5 Å². The predicted molar refractivity (Wildman–Crippen MR) is 148 cm³/mol. The Labute approximate surface area is 232 Å². The monoisotopic (exact) mass is 588 g/mol. The standard InChI is InChI=1S/C26H23ClF2N6O4S/c1-34-7-6-19-21(34)12-17(16-4-5-18(27)22-24(16)35(2)32-25(22)33-40(3,38)39)23(30-19)20(31-26(36)37)10-13-8-14(28)11-15(29)9-13/h4-9,11-12,20,31H,10H2,1-3H3,(H,32,33)(H,36,37). The van der Waals surface area contributed by atoms with E-state index < -0.39 is 33.8 Å². The topological polar surface area (TPSA) is 131 Å². The molecule has 5 aromatic rings. The number of pyridine rings is 1. The summed E-state index contributed by atoms with van der Waals surface area (Å²) < 4.78 is 57.7. The Morgan fingerprint density at radius 1 is 1.10 bits per heavy atom. The maximum Gasteiger partial charge on any atom is 0.405 e. The molecule has 3 heterocycles.